The lowest BCUT2D eigenvalue weighted by Crippen LogP contribution is -2.26. The molecule has 6 heteroatoms. The number of anilines is 3. The van der Waals surface area contributed by atoms with Crippen molar-refractivity contribution in [2.45, 2.75) is 6.92 Å². The Bertz CT molecular complexity index is 1000. The Morgan fingerprint density at radius 2 is 1.66 bits per heavy atom. The molecule has 0 saturated carbocycles. The van der Waals surface area contributed by atoms with Crippen molar-refractivity contribution in [1.29, 1.82) is 0 Å². The summed E-state index contributed by atoms with van der Waals surface area (Å²) in [6, 6.07) is 21.7. The minimum atomic E-state index is -0.190. The molecule has 0 aromatic heterocycles. The Labute approximate surface area is 175 Å². The summed E-state index contributed by atoms with van der Waals surface area (Å²) < 4.78 is 0. The number of hydrogen-bond acceptors (Lipinski definition) is 3. The average molecular weight is 408 g/mol. The Morgan fingerprint density at radius 3 is 2.34 bits per heavy atom. The first-order valence-electron chi connectivity index (χ1n) is 9.17. The van der Waals surface area contributed by atoms with Crippen LogP contribution in [0.5, 0.6) is 0 Å². The first-order valence-corrected chi connectivity index (χ1v) is 9.55. The second-order valence-corrected chi connectivity index (χ2v) is 7.07. The maximum atomic E-state index is 12.6. The molecule has 0 fully saturated rings. The summed E-state index contributed by atoms with van der Waals surface area (Å²) in [5, 5.41) is 6.50. The molecule has 0 aliphatic rings. The van der Waals surface area contributed by atoms with Crippen LogP contribution in [0.15, 0.2) is 72.8 Å². The molecular formula is C23H22ClN3O2. The summed E-state index contributed by atoms with van der Waals surface area (Å²) in [6.07, 6.45) is 0. The average Bonchev–Trinajstić information content (AvgIpc) is 2.74. The maximum Gasteiger partial charge on any atom is 0.258 e. The second-order valence-electron chi connectivity index (χ2n) is 6.64. The van der Waals surface area contributed by atoms with Crippen molar-refractivity contribution in [2.75, 3.05) is 29.1 Å². The first kappa shape index (κ1) is 20.4. The van der Waals surface area contributed by atoms with Gasteiger partial charge in [-0.15, -0.1) is 0 Å². The Kier molecular flexibility index (Phi) is 6.52. The molecule has 148 valence electrons. The standard InChI is InChI=1S/C23H22ClN3O2/c1-16-8-11-18(24)14-21(16)25-15-22(28)26-19-12-9-17(10-13-19)23(29)27(2)20-6-4-3-5-7-20/h3-14,25H,15H2,1-2H3,(H,26,28). The van der Waals surface area contributed by atoms with Gasteiger partial charge in [0.05, 0.1) is 6.54 Å². The molecule has 0 spiro atoms. The zero-order valence-corrected chi connectivity index (χ0v) is 17.0. The predicted molar refractivity (Wildman–Crippen MR) is 119 cm³/mol. The van der Waals surface area contributed by atoms with E-state index in [9.17, 15) is 9.59 Å². The quantitative estimate of drug-likeness (QED) is 0.606. The van der Waals surface area contributed by atoms with E-state index in [1.807, 2.05) is 43.3 Å². The summed E-state index contributed by atoms with van der Waals surface area (Å²) in [6.45, 7) is 2.05. The number of nitrogens with zero attached hydrogens (tertiary/aromatic N) is 1. The third-order valence-electron chi connectivity index (χ3n) is 4.50. The topological polar surface area (TPSA) is 61.4 Å². The van der Waals surface area contributed by atoms with Gasteiger partial charge in [0.2, 0.25) is 5.91 Å². The van der Waals surface area contributed by atoms with Crippen LogP contribution in [0.25, 0.3) is 0 Å². The summed E-state index contributed by atoms with van der Waals surface area (Å²) in [7, 11) is 1.73. The van der Waals surface area contributed by atoms with E-state index in [4.69, 9.17) is 11.6 Å². The molecule has 0 radical (unpaired) electrons. The minimum Gasteiger partial charge on any atom is -0.376 e. The van der Waals surface area contributed by atoms with Gasteiger partial charge in [-0.3, -0.25) is 9.59 Å². The third-order valence-corrected chi connectivity index (χ3v) is 4.74. The van der Waals surface area contributed by atoms with Crippen LogP contribution in [0.4, 0.5) is 17.1 Å². The van der Waals surface area contributed by atoms with Crippen molar-refractivity contribution in [3.63, 3.8) is 0 Å². The molecule has 3 rings (SSSR count). The highest BCUT2D eigenvalue weighted by Gasteiger charge is 2.13. The number of halogens is 1. The molecule has 5 nitrogen and oxygen atoms in total. The van der Waals surface area contributed by atoms with E-state index in [1.54, 1.807) is 48.3 Å². The van der Waals surface area contributed by atoms with E-state index in [-0.39, 0.29) is 18.4 Å². The number of nitrogens with one attached hydrogen (secondary N) is 2. The molecule has 29 heavy (non-hydrogen) atoms. The van der Waals surface area contributed by atoms with Crippen LogP contribution in [0, 0.1) is 6.92 Å². The van der Waals surface area contributed by atoms with Crippen LogP contribution in [0.2, 0.25) is 5.02 Å². The van der Waals surface area contributed by atoms with Crippen LogP contribution in [0.1, 0.15) is 15.9 Å². The number of rotatable bonds is 6. The zero-order chi connectivity index (χ0) is 20.8. The SMILES string of the molecule is Cc1ccc(Cl)cc1NCC(=O)Nc1ccc(C(=O)N(C)c2ccccc2)cc1. The summed E-state index contributed by atoms with van der Waals surface area (Å²) >= 11 is 5.99. The normalized spacial score (nSPS) is 10.3. The molecule has 3 aromatic rings. The van der Waals surface area contributed by atoms with Crippen LogP contribution < -0.4 is 15.5 Å². The van der Waals surface area contributed by atoms with Gasteiger partial charge >= 0.3 is 0 Å². The molecule has 0 saturated heterocycles. The second kappa shape index (κ2) is 9.26. The van der Waals surface area contributed by atoms with Crippen LogP contribution in [0.3, 0.4) is 0 Å². The zero-order valence-electron chi connectivity index (χ0n) is 16.3. The van der Waals surface area contributed by atoms with E-state index in [1.165, 1.54) is 0 Å². The van der Waals surface area contributed by atoms with Crippen molar-refractivity contribution in [3.05, 3.63) is 88.9 Å². The fourth-order valence-corrected chi connectivity index (χ4v) is 3.00. The van der Waals surface area contributed by atoms with E-state index >= 15 is 0 Å². The highest BCUT2D eigenvalue weighted by molar-refractivity contribution is 6.30. The van der Waals surface area contributed by atoms with Gasteiger partial charge in [-0.05, 0) is 61.0 Å². The summed E-state index contributed by atoms with van der Waals surface area (Å²) in [5.74, 6) is -0.308. The first-order chi connectivity index (χ1) is 13.9. The molecule has 3 aromatic carbocycles. The van der Waals surface area contributed by atoms with Crippen molar-refractivity contribution >= 4 is 40.5 Å². The fraction of sp³-hybridized carbons (Fsp3) is 0.130. The lowest BCUT2D eigenvalue weighted by molar-refractivity contribution is -0.114. The molecule has 0 aliphatic heterocycles. The van der Waals surface area contributed by atoms with Crippen LogP contribution in [-0.4, -0.2) is 25.4 Å². The van der Waals surface area contributed by atoms with Crippen molar-refractivity contribution in [1.82, 2.24) is 0 Å². The van der Waals surface area contributed by atoms with Crippen LogP contribution in [-0.2, 0) is 4.79 Å². The van der Waals surface area contributed by atoms with E-state index in [2.05, 4.69) is 10.6 Å². The van der Waals surface area contributed by atoms with E-state index in [0.29, 0.717) is 16.3 Å². The van der Waals surface area contributed by atoms with Gasteiger partial charge in [-0.1, -0.05) is 35.9 Å². The number of amides is 2. The molecular weight excluding hydrogens is 386 g/mol. The molecule has 0 heterocycles. The molecule has 2 amide bonds. The highest BCUT2D eigenvalue weighted by atomic mass is 35.5. The van der Waals surface area contributed by atoms with E-state index in [0.717, 1.165) is 16.9 Å². The Hall–Kier alpha value is -3.31. The van der Waals surface area contributed by atoms with Gasteiger partial charge in [-0.2, -0.15) is 0 Å². The molecule has 0 unspecified atom stereocenters. The number of carbonyl (C=O) groups is 2. The third kappa shape index (κ3) is 5.36. The molecule has 0 aliphatic carbocycles. The fourth-order valence-electron chi connectivity index (χ4n) is 2.82. The number of benzene rings is 3. The Morgan fingerprint density at radius 1 is 0.966 bits per heavy atom. The lowest BCUT2D eigenvalue weighted by Gasteiger charge is -2.17. The monoisotopic (exact) mass is 407 g/mol. The van der Waals surface area contributed by atoms with Gasteiger partial charge in [-0.25, -0.2) is 0 Å². The maximum absolute atomic E-state index is 12.6. The molecule has 2 N–H and O–H groups in total. The smallest absolute Gasteiger partial charge is 0.258 e. The van der Waals surface area contributed by atoms with Gasteiger partial charge < -0.3 is 15.5 Å². The Balaban J connectivity index is 1.58. The van der Waals surface area contributed by atoms with Gasteiger partial charge in [0.1, 0.15) is 0 Å². The van der Waals surface area contributed by atoms with Gasteiger partial charge in [0.15, 0.2) is 0 Å². The number of carbonyl (C=O) groups excluding carboxylic acids is 2. The minimum absolute atomic E-state index is 0.110. The number of para-hydroxylation sites is 1. The van der Waals surface area contributed by atoms with E-state index < -0.39 is 0 Å². The van der Waals surface area contributed by atoms with Crippen molar-refractivity contribution in [2.24, 2.45) is 0 Å². The van der Waals surface area contributed by atoms with Crippen molar-refractivity contribution < 1.29 is 9.59 Å². The largest absolute Gasteiger partial charge is 0.376 e. The summed E-state index contributed by atoms with van der Waals surface area (Å²) in [5.41, 5.74) is 3.81. The predicted octanol–water partition coefficient (Wildman–Crippen LogP) is 4.98. The van der Waals surface area contributed by atoms with Crippen LogP contribution >= 0.6 is 11.6 Å². The molecule has 0 bridgehead atoms. The van der Waals surface area contributed by atoms with Gasteiger partial charge in [0, 0.05) is 34.7 Å². The highest BCUT2D eigenvalue weighted by Crippen LogP contribution is 2.20. The lowest BCUT2D eigenvalue weighted by atomic mass is 10.1. The number of hydrogen-bond donors (Lipinski definition) is 2. The van der Waals surface area contributed by atoms with Gasteiger partial charge in [0.25, 0.3) is 5.91 Å². The molecule has 0 atom stereocenters. The summed E-state index contributed by atoms with van der Waals surface area (Å²) in [4.78, 5) is 26.4. The number of aryl methyl sites for hydroxylation is 1. The van der Waals surface area contributed by atoms with Crippen molar-refractivity contribution in [3.8, 4) is 0 Å².